The lowest BCUT2D eigenvalue weighted by Crippen LogP contribution is -1.91. The molecule has 0 nitrogen and oxygen atoms in total. The second kappa shape index (κ2) is 5.59. The van der Waals surface area contributed by atoms with E-state index in [1.807, 2.05) is 11.8 Å². The summed E-state index contributed by atoms with van der Waals surface area (Å²) < 4.78 is 0. The van der Waals surface area contributed by atoms with Crippen LogP contribution in [0.5, 0.6) is 0 Å². The number of rotatable bonds is 2. The fraction of sp³-hybridized carbons (Fsp3) is 0.375. The Bertz CT molecular complexity index is 456. The molecule has 2 rings (SSSR count). The smallest absolute Gasteiger partial charge is 0.0160 e. The molecule has 0 aromatic carbocycles. The van der Waals surface area contributed by atoms with Crippen molar-refractivity contribution in [2.24, 2.45) is 0 Å². The summed E-state index contributed by atoms with van der Waals surface area (Å²) in [6, 6.07) is 0. The average molecular weight is 244 g/mol. The molecule has 0 N–H and O–H groups in total. The fourth-order valence-electron chi connectivity index (χ4n) is 2.10. The van der Waals surface area contributed by atoms with Crippen molar-refractivity contribution in [2.75, 3.05) is 5.75 Å². The molecule has 0 radical (unpaired) electrons. The Labute approximate surface area is 109 Å². The quantitative estimate of drug-likeness (QED) is 0.645. The van der Waals surface area contributed by atoms with Crippen LogP contribution in [0.3, 0.4) is 0 Å². The molecule has 17 heavy (non-hydrogen) atoms. The SMILES string of the molecule is CC1=CCC(CC2=CC=CCS2)=C(C)C=C1C. The minimum atomic E-state index is 1.10. The predicted molar refractivity (Wildman–Crippen MR) is 79.1 cm³/mol. The van der Waals surface area contributed by atoms with E-state index in [1.165, 1.54) is 21.6 Å². The van der Waals surface area contributed by atoms with E-state index in [0.29, 0.717) is 0 Å². The molecule has 1 aliphatic heterocycles. The van der Waals surface area contributed by atoms with Gasteiger partial charge < -0.3 is 0 Å². The number of hydrogen-bond donors (Lipinski definition) is 0. The van der Waals surface area contributed by atoms with Crippen molar-refractivity contribution >= 4 is 11.8 Å². The summed E-state index contributed by atoms with van der Waals surface area (Å²) in [5, 5.41) is 0. The highest BCUT2D eigenvalue weighted by Gasteiger charge is 2.09. The van der Waals surface area contributed by atoms with Crippen molar-refractivity contribution in [3.8, 4) is 0 Å². The maximum Gasteiger partial charge on any atom is 0.0160 e. The maximum absolute atomic E-state index is 2.36. The van der Waals surface area contributed by atoms with Gasteiger partial charge in [0, 0.05) is 12.2 Å². The molecule has 0 amide bonds. The van der Waals surface area contributed by atoms with Crippen LogP contribution in [-0.4, -0.2) is 5.75 Å². The largest absolute Gasteiger partial charge is 0.126 e. The summed E-state index contributed by atoms with van der Waals surface area (Å²) in [6.45, 7) is 6.66. The monoisotopic (exact) mass is 244 g/mol. The van der Waals surface area contributed by atoms with Gasteiger partial charge in [0.1, 0.15) is 0 Å². The van der Waals surface area contributed by atoms with Gasteiger partial charge in [0.05, 0.1) is 0 Å². The molecule has 0 unspecified atom stereocenters. The van der Waals surface area contributed by atoms with Crippen molar-refractivity contribution in [3.05, 3.63) is 57.6 Å². The summed E-state index contributed by atoms with van der Waals surface area (Å²) in [6.07, 6.45) is 13.6. The van der Waals surface area contributed by atoms with Crippen molar-refractivity contribution in [2.45, 2.75) is 33.6 Å². The number of allylic oxidation sites excluding steroid dienone is 9. The molecular weight excluding hydrogens is 224 g/mol. The lowest BCUT2D eigenvalue weighted by molar-refractivity contribution is 1.06. The van der Waals surface area contributed by atoms with E-state index in [2.05, 4.69) is 51.2 Å². The normalized spacial score (nSPS) is 20.8. The Kier molecular flexibility index (Phi) is 4.11. The van der Waals surface area contributed by atoms with Crippen LogP contribution in [0, 0.1) is 0 Å². The lowest BCUT2D eigenvalue weighted by Gasteiger charge is -2.12. The predicted octanol–water partition coefficient (Wildman–Crippen LogP) is 5.18. The molecule has 0 atom stereocenters. The van der Waals surface area contributed by atoms with E-state index >= 15 is 0 Å². The topological polar surface area (TPSA) is 0 Å². The van der Waals surface area contributed by atoms with Crippen LogP contribution < -0.4 is 0 Å². The minimum Gasteiger partial charge on any atom is -0.126 e. The van der Waals surface area contributed by atoms with Crippen molar-refractivity contribution in [1.82, 2.24) is 0 Å². The van der Waals surface area contributed by atoms with Gasteiger partial charge in [-0.15, -0.1) is 11.8 Å². The maximum atomic E-state index is 2.36. The van der Waals surface area contributed by atoms with Crippen molar-refractivity contribution in [1.29, 1.82) is 0 Å². The van der Waals surface area contributed by atoms with Gasteiger partial charge in [-0.05, 0) is 37.7 Å². The standard InChI is InChI=1S/C16H20S/c1-12-7-8-15(14(3)10-13(12)2)11-16-6-4-5-9-17-16/h4-7,10H,8-9,11H2,1-3H3. The summed E-state index contributed by atoms with van der Waals surface area (Å²) in [4.78, 5) is 1.50. The zero-order valence-corrected chi connectivity index (χ0v) is 11.7. The van der Waals surface area contributed by atoms with E-state index < -0.39 is 0 Å². The lowest BCUT2D eigenvalue weighted by atomic mass is 10.0. The van der Waals surface area contributed by atoms with Gasteiger partial charge >= 0.3 is 0 Å². The highest BCUT2D eigenvalue weighted by Crippen LogP contribution is 2.32. The van der Waals surface area contributed by atoms with Crippen molar-refractivity contribution in [3.63, 3.8) is 0 Å². The highest BCUT2D eigenvalue weighted by atomic mass is 32.2. The molecule has 1 aliphatic carbocycles. The van der Waals surface area contributed by atoms with Gasteiger partial charge in [-0.1, -0.05) is 47.1 Å². The van der Waals surface area contributed by atoms with Crippen LogP contribution in [-0.2, 0) is 0 Å². The summed E-state index contributed by atoms with van der Waals surface area (Å²) in [5.74, 6) is 1.13. The first-order chi connectivity index (χ1) is 8.16. The Morgan fingerprint density at radius 2 is 2.00 bits per heavy atom. The van der Waals surface area contributed by atoms with E-state index in [0.717, 1.165) is 18.6 Å². The second-order valence-electron chi connectivity index (χ2n) is 4.75. The minimum absolute atomic E-state index is 1.10. The Morgan fingerprint density at radius 3 is 2.71 bits per heavy atom. The molecule has 0 aromatic heterocycles. The van der Waals surface area contributed by atoms with Gasteiger partial charge in [0.2, 0.25) is 0 Å². The molecule has 2 aliphatic rings. The first kappa shape index (κ1) is 12.5. The highest BCUT2D eigenvalue weighted by molar-refractivity contribution is 8.03. The first-order valence-corrected chi connectivity index (χ1v) is 7.18. The molecule has 0 saturated carbocycles. The van der Waals surface area contributed by atoms with E-state index in [1.54, 1.807) is 5.57 Å². The molecular formula is C16H20S. The van der Waals surface area contributed by atoms with Gasteiger partial charge in [0.25, 0.3) is 0 Å². The van der Waals surface area contributed by atoms with Crippen LogP contribution in [0.1, 0.15) is 33.6 Å². The average Bonchev–Trinajstić information content (AvgIpc) is 2.44. The van der Waals surface area contributed by atoms with Crippen LogP contribution >= 0.6 is 11.8 Å². The summed E-state index contributed by atoms with van der Waals surface area (Å²) in [7, 11) is 0. The van der Waals surface area contributed by atoms with Gasteiger partial charge in [-0.3, -0.25) is 0 Å². The third kappa shape index (κ3) is 3.26. The van der Waals surface area contributed by atoms with Crippen LogP contribution in [0.15, 0.2) is 57.6 Å². The first-order valence-electron chi connectivity index (χ1n) is 6.19. The van der Waals surface area contributed by atoms with Crippen LogP contribution in [0.4, 0.5) is 0 Å². The van der Waals surface area contributed by atoms with E-state index in [4.69, 9.17) is 0 Å². The van der Waals surface area contributed by atoms with Crippen molar-refractivity contribution < 1.29 is 0 Å². The Balaban J connectivity index is 2.18. The van der Waals surface area contributed by atoms with Gasteiger partial charge in [-0.25, -0.2) is 0 Å². The molecule has 0 spiro atoms. The Morgan fingerprint density at radius 1 is 1.18 bits per heavy atom. The Hall–Kier alpha value is -0.950. The molecule has 0 bridgehead atoms. The third-order valence-electron chi connectivity index (χ3n) is 3.44. The van der Waals surface area contributed by atoms with Gasteiger partial charge in [0.15, 0.2) is 0 Å². The number of hydrogen-bond acceptors (Lipinski definition) is 1. The molecule has 0 saturated heterocycles. The summed E-state index contributed by atoms with van der Waals surface area (Å²) >= 11 is 1.97. The molecule has 1 heterocycles. The number of thioether (sulfide) groups is 1. The summed E-state index contributed by atoms with van der Waals surface area (Å²) in [5.41, 5.74) is 5.84. The fourth-order valence-corrected chi connectivity index (χ4v) is 2.98. The van der Waals surface area contributed by atoms with E-state index in [9.17, 15) is 0 Å². The zero-order chi connectivity index (χ0) is 12.3. The van der Waals surface area contributed by atoms with Gasteiger partial charge in [-0.2, -0.15) is 0 Å². The molecule has 0 aromatic rings. The van der Waals surface area contributed by atoms with Crippen LogP contribution in [0.2, 0.25) is 0 Å². The molecule has 0 fully saturated rings. The van der Waals surface area contributed by atoms with Crippen LogP contribution in [0.25, 0.3) is 0 Å². The molecule has 1 heteroatoms. The molecule has 90 valence electrons. The zero-order valence-electron chi connectivity index (χ0n) is 10.9. The second-order valence-corrected chi connectivity index (χ2v) is 5.90. The van der Waals surface area contributed by atoms with E-state index in [-0.39, 0.29) is 0 Å². The third-order valence-corrected chi connectivity index (χ3v) is 4.45.